The van der Waals surface area contributed by atoms with Crippen LogP contribution < -0.4 is 4.74 Å². The van der Waals surface area contributed by atoms with Crippen LogP contribution in [0.25, 0.3) is 0 Å². The molecule has 0 fully saturated rings. The van der Waals surface area contributed by atoms with E-state index in [1.54, 1.807) is 38.1 Å². The number of rotatable bonds is 3. The molecule has 4 heteroatoms. The van der Waals surface area contributed by atoms with E-state index in [2.05, 4.69) is 6.07 Å². The SMILES string of the molecule is C[C-](C)O.OCCOc1cc[c-]cc1.[Cu+2]. The molecule has 0 saturated heterocycles. The van der Waals surface area contributed by atoms with Crippen LogP contribution in [0.3, 0.4) is 0 Å². The van der Waals surface area contributed by atoms with Gasteiger partial charge in [-0.1, -0.05) is 0 Å². The first kappa shape index (κ1) is 16.9. The van der Waals surface area contributed by atoms with Gasteiger partial charge in [-0.25, -0.2) is 6.10 Å². The second-order valence-electron chi connectivity index (χ2n) is 2.75. The molecule has 89 valence electrons. The molecular formula is C11H16CuO3. The summed E-state index contributed by atoms with van der Waals surface area (Å²) >= 11 is 0. The van der Waals surface area contributed by atoms with E-state index in [9.17, 15) is 0 Å². The third-order valence-electron chi connectivity index (χ3n) is 1.05. The van der Waals surface area contributed by atoms with Crippen LogP contribution >= 0.6 is 0 Å². The number of aliphatic hydroxyl groups excluding tert-OH is 2. The molecule has 0 amide bonds. The third-order valence-corrected chi connectivity index (χ3v) is 1.05. The number of benzene rings is 1. The molecular weight excluding hydrogens is 244 g/mol. The van der Waals surface area contributed by atoms with Crippen molar-refractivity contribution in [2.75, 3.05) is 13.2 Å². The summed E-state index contributed by atoms with van der Waals surface area (Å²) < 4.78 is 5.09. The van der Waals surface area contributed by atoms with Gasteiger partial charge in [0.1, 0.15) is 6.61 Å². The molecule has 15 heavy (non-hydrogen) atoms. The second-order valence-corrected chi connectivity index (χ2v) is 2.75. The molecule has 1 aromatic carbocycles. The van der Waals surface area contributed by atoms with E-state index < -0.39 is 0 Å². The molecule has 0 atom stereocenters. The van der Waals surface area contributed by atoms with E-state index in [1.165, 1.54) is 0 Å². The largest absolute Gasteiger partial charge is 2.00 e. The van der Waals surface area contributed by atoms with Crippen molar-refractivity contribution < 1.29 is 32.0 Å². The monoisotopic (exact) mass is 259 g/mol. The maximum atomic E-state index is 8.39. The Morgan fingerprint density at radius 1 is 1.33 bits per heavy atom. The molecule has 0 heterocycles. The summed E-state index contributed by atoms with van der Waals surface area (Å²) in [6.07, 6.45) is 0.417. The van der Waals surface area contributed by atoms with E-state index in [0.717, 1.165) is 5.75 Å². The van der Waals surface area contributed by atoms with E-state index in [0.29, 0.717) is 12.7 Å². The van der Waals surface area contributed by atoms with Crippen LogP contribution in [0.2, 0.25) is 0 Å². The van der Waals surface area contributed by atoms with Crippen molar-refractivity contribution in [3.63, 3.8) is 0 Å². The maximum absolute atomic E-state index is 8.39. The van der Waals surface area contributed by atoms with Gasteiger partial charge in [0, 0.05) is 5.75 Å². The van der Waals surface area contributed by atoms with Gasteiger partial charge in [0.25, 0.3) is 0 Å². The zero-order chi connectivity index (χ0) is 10.8. The summed E-state index contributed by atoms with van der Waals surface area (Å²) in [6.45, 7) is 3.68. The maximum Gasteiger partial charge on any atom is 2.00 e. The van der Waals surface area contributed by atoms with Gasteiger partial charge in [-0.15, -0.1) is 12.1 Å². The van der Waals surface area contributed by atoms with Gasteiger partial charge < -0.3 is 14.9 Å². The summed E-state index contributed by atoms with van der Waals surface area (Å²) in [5, 5.41) is 16.4. The molecule has 0 aliphatic rings. The summed E-state index contributed by atoms with van der Waals surface area (Å²) in [5.74, 6) is 0.771. The van der Waals surface area contributed by atoms with Gasteiger partial charge in [0.15, 0.2) is 0 Å². The zero-order valence-electron chi connectivity index (χ0n) is 8.83. The van der Waals surface area contributed by atoms with Gasteiger partial charge in [0.05, 0.1) is 6.61 Å². The molecule has 0 bridgehead atoms. The van der Waals surface area contributed by atoms with Crippen molar-refractivity contribution in [1.82, 2.24) is 0 Å². The van der Waals surface area contributed by atoms with Crippen LogP contribution in [-0.4, -0.2) is 23.4 Å². The third kappa shape index (κ3) is 13.5. The summed E-state index contributed by atoms with van der Waals surface area (Å²) in [7, 11) is 0. The average Bonchev–Trinajstić information content (AvgIpc) is 2.15. The quantitative estimate of drug-likeness (QED) is 0.643. The summed E-state index contributed by atoms with van der Waals surface area (Å²) in [4.78, 5) is 0. The first-order valence-electron chi connectivity index (χ1n) is 4.35. The Morgan fingerprint density at radius 3 is 2.20 bits per heavy atom. The van der Waals surface area contributed by atoms with Crippen molar-refractivity contribution >= 4 is 0 Å². The van der Waals surface area contributed by atoms with Gasteiger partial charge in [-0.05, 0) is 0 Å². The van der Waals surface area contributed by atoms with Crippen LogP contribution in [0.15, 0.2) is 24.3 Å². The predicted molar refractivity (Wildman–Crippen MR) is 54.4 cm³/mol. The fourth-order valence-electron chi connectivity index (χ4n) is 0.631. The smallest absolute Gasteiger partial charge is 0.563 e. The molecule has 1 aromatic rings. The Kier molecular flexibility index (Phi) is 13.0. The standard InChI is InChI=1S/C8H9O2.C3H7O.Cu/c9-6-7-10-8-4-2-1-3-5-8;1-3(2)4;/h2-5,9H,6-7H2;4H,1-2H3;/q2*-1;+2. The number of ether oxygens (including phenoxy) is 1. The molecule has 0 aromatic heterocycles. The van der Waals surface area contributed by atoms with E-state index in [4.69, 9.17) is 14.9 Å². The Balaban J connectivity index is 0. The first-order chi connectivity index (χ1) is 6.66. The van der Waals surface area contributed by atoms with Crippen molar-refractivity contribution in [3.8, 4) is 5.75 Å². The van der Waals surface area contributed by atoms with Gasteiger partial charge in [-0.3, -0.25) is 0 Å². The Labute approximate surface area is 102 Å². The average molecular weight is 260 g/mol. The Hall–Kier alpha value is -0.541. The molecule has 3 nitrogen and oxygen atoms in total. The topological polar surface area (TPSA) is 49.7 Å². The molecule has 0 aliphatic carbocycles. The van der Waals surface area contributed by atoms with Gasteiger partial charge in [0.2, 0.25) is 0 Å². The van der Waals surface area contributed by atoms with Crippen LogP contribution in [0.5, 0.6) is 5.75 Å². The predicted octanol–water partition coefficient (Wildman–Crippen LogP) is 1.79. The fraction of sp³-hybridized carbons (Fsp3) is 0.364. The van der Waals surface area contributed by atoms with Gasteiger partial charge >= 0.3 is 17.1 Å². The molecule has 2 N–H and O–H groups in total. The van der Waals surface area contributed by atoms with Crippen LogP contribution in [0.4, 0.5) is 0 Å². The fourth-order valence-corrected chi connectivity index (χ4v) is 0.631. The van der Waals surface area contributed by atoms with Crippen molar-refractivity contribution in [3.05, 3.63) is 36.4 Å². The Bertz CT molecular complexity index is 212. The normalized spacial score (nSPS) is 8.60. The zero-order valence-corrected chi connectivity index (χ0v) is 9.77. The second kappa shape index (κ2) is 11.5. The minimum absolute atomic E-state index is 0. The Morgan fingerprint density at radius 2 is 1.80 bits per heavy atom. The molecule has 0 aliphatic heterocycles. The minimum Gasteiger partial charge on any atom is -0.563 e. The van der Waals surface area contributed by atoms with E-state index in [1.807, 2.05) is 0 Å². The van der Waals surface area contributed by atoms with Gasteiger partial charge in [-0.2, -0.15) is 32.0 Å². The number of hydrogen-bond donors (Lipinski definition) is 2. The first-order valence-corrected chi connectivity index (χ1v) is 4.35. The van der Waals surface area contributed by atoms with Crippen molar-refractivity contribution in [2.24, 2.45) is 0 Å². The van der Waals surface area contributed by atoms with Crippen molar-refractivity contribution in [2.45, 2.75) is 13.8 Å². The van der Waals surface area contributed by atoms with E-state index in [-0.39, 0.29) is 23.7 Å². The molecule has 1 radical (unpaired) electrons. The van der Waals surface area contributed by atoms with Crippen LogP contribution in [0, 0.1) is 12.2 Å². The minimum atomic E-state index is 0. The van der Waals surface area contributed by atoms with Crippen LogP contribution in [-0.2, 0) is 17.1 Å². The summed E-state index contributed by atoms with van der Waals surface area (Å²) in [6, 6.07) is 10.0. The molecule has 0 saturated carbocycles. The number of hydrogen-bond acceptors (Lipinski definition) is 3. The van der Waals surface area contributed by atoms with Crippen molar-refractivity contribution in [1.29, 1.82) is 0 Å². The van der Waals surface area contributed by atoms with E-state index >= 15 is 0 Å². The van der Waals surface area contributed by atoms with Crippen LogP contribution in [0.1, 0.15) is 13.8 Å². The number of aliphatic hydroxyl groups is 2. The molecule has 1 rings (SSSR count). The summed E-state index contributed by atoms with van der Waals surface area (Å²) in [5.41, 5.74) is 0. The molecule has 0 unspecified atom stereocenters. The molecule has 0 spiro atoms.